The maximum Gasteiger partial charge on any atom is 0.306 e. The number of esters is 3. The van der Waals surface area contributed by atoms with Crippen molar-refractivity contribution in [1.29, 1.82) is 0 Å². The van der Waals surface area contributed by atoms with E-state index in [1.807, 2.05) is 0 Å². The van der Waals surface area contributed by atoms with Crippen LogP contribution in [-0.2, 0) is 28.6 Å². The molecule has 0 bridgehead atoms. The molecule has 0 heterocycles. The predicted octanol–water partition coefficient (Wildman–Crippen LogP) is 21.6. The average molecular weight is 1020 g/mol. The molecule has 0 saturated carbocycles. The molecule has 1 atom stereocenters. The molecule has 0 aromatic carbocycles. The Morgan fingerprint density at radius 3 is 0.890 bits per heavy atom. The summed E-state index contributed by atoms with van der Waals surface area (Å²) in [5.74, 6) is -0.889. The quantitative estimate of drug-likeness (QED) is 0.0261. The molecule has 0 amide bonds. The number of ether oxygens (including phenoxy) is 3. The molecular formula is C67H120O6. The lowest BCUT2D eigenvalue weighted by Gasteiger charge is -2.18. The second-order valence-electron chi connectivity index (χ2n) is 21.3. The minimum atomic E-state index is -0.785. The van der Waals surface area contributed by atoms with E-state index in [-0.39, 0.29) is 31.1 Å². The van der Waals surface area contributed by atoms with Crippen molar-refractivity contribution in [2.75, 3.05) is 13.2 Å². The molecule has 0 aliphatic heterocycles. The Morgan fingerprint density at radius 2 is 0.562 bits per heavy atom. The second kappa shape index (κ2) is 61.7. The Kier molecular flexibility index (Phi) is 59.2. The summed E-state index contributed by atoms with van der Waals surface area (Å²) in [5, 5.41) is 0. The first-order valence-corrected chi connectivity index (χ1v) is 31.8. The van der Waals surface area contributed by atoms with E-state index in [1.54, 1.807) is 0 Å². The molecule has 6 heteroatoms. The number of carbonyl (C=O) groups is 3. The lowest BCUT2D eigenvalue weighted by molar-refractivity contribution is -0.167. The van der Waals surface area contributed by atoms with Gasteiger partial charge in [0.05, 0.1) is 0 Å². The third-order valence-electron chi connectivity index (χ3n) is 14.0. The van der Waals surface area contributed by atoms with Crippen molar-refractivity contribution < 1.29 is 28.6 Å². The largest absolute Gasteiger partial charge is 0.462 e. The van der Waals surface area contributed by atoms with Gasteiger partial charge in [-0.3, -0.25) is 14.4 Å². The van der Waals surface area contributed by atoms with Gasteiger partial charge in [0.2, 0.25) is 0 Å². The van der Waals surface area contributed by atoms with Crippen LogP contribution >= 0.6 is 0 Å². The Hall–Kier alpha value is -2.89. The van der Waals surface area contributed by atoms with E-state index in [1.165, 1.54) is 180 Å². The van der Waals surface area contributed by atoms with Crippen LogP contribution in [0.4, 0.5) is 0 Å². The molecule has 0 radical (unpaired) electrons. The molecule has 1 unspecified atom stereocenters. The van der Waals surface area contributed by atoms with Crippen LogP contribution in [-0.4, -0.2) is 37.2 Å². The molecule has 0 fully saturated rings. The van der Waals surface area contributed by atoms with E-state index in [0.717, 1.165) is 109 Å². The topological polar surface area (TPSA) is 78.9 Å². The number of carbonyl (C=O) groups excluding carboxylic acids is 3. The van der Waals surface area contributed by atoms with Gasteiger partial charge in [-0.05, 0) is 77.0 Å². The smallest absolute Gasteiger partial charge is 0.306 e. The summed E-state index contributed by atoms with van der Waals surface area (Å²) in [6, 6.07) is 0. The number of allylic oxidation sites excluding steroid dienone is 10. The zero-order valence-corrected chi connectivity index (χ0v) is 48.7. The van der Waals surface area contributed by atoms with Gasteiger partial charge >= 0.3 is 17.9 Å². The Labute approximate surface area is 453 Å². The summed E-state index contributed by atoms with van der Waals surface area (Å²) in [6.45, 7) is 6.49. The molecule has 73 heavy (non-hydrogen) atoms. The van der Waals surface area contributed by atoms with Crippen LogP contribution in [0.5, 0.6) is 0 Å². The first-order chi connectivity index (χ1) is 36.0. The van der Waals surface area contributed by atoms with Gasteiger partial charge in [-0.2, -0.15) is 0 Å². The molecule has 0 aromatic heterocycles. The number of hydrogen-bond acceptors (Lipinski definition) is 6. The van der Waals surface area contributed by atoms with Crippen LogP contribution in [0.15, 0.2) is 60.8 Å². The van der Waals surface area contributed by atoms with Crippen LogP contribution in [0.2, 0.25) is 0 Å². The Bertz CT molecular complexity index is 1310. The van der Waals surface area contributed by atoms with Crippen LogP contribution in [0.25, 0.3) is 0 Å². The molecule has 0 N–H and O–H groups in total. The van der Waals surface area contributed by atoms with Crippen molar-refractivity contribution in [3.63, 3.8) is 0 Å². The van der Waals surface area contributed by atoms with Crippen molar-refractivity contribution in [2.45, 2.75) is 335 Å². The zero-order valence-electron chi connectivity index (χ0n) is 48.7. The average Bonchev–Trinajstić information content (AvgIpc) is 3.39. The standard InChI is InChI=1S/C67H120O6/c1-4-7-10-13-16-19-22-25-27-29-30-31-32-33-34-35-36-38-39-42-45-48-51-54-57-60-66(69)72-63-64(62-71-65(68)59-56-53-50-47-44-41-24-21-18-15-12-9-6-3)73-67(70)61-58-55-52-49-46-43-40-37-28-26-23-20-17-14-11-8-5-2/h8,11-12,15,17,20-21,24,26,28,64H,4-7,9-10,13-14,16,18-19,22-23,25,27,29-63H2,1-3H3/b11-8-,15-12-,20-17-,24-21-,28-26-. The molecule has 0 aromatic rings. The molecule has 6 nitrogen and oxygen atoms in total. The van der Waals surface area contributed by atoms with Gasteiger partial charge < -0.3 is 14.2 Å². The molecule has 0 aliphatic carbocycles. The summed E-state index contributed by atoms with van der Waals surface area (Å²) in [6.07, 6.45) is 78.1. The highest BCUT2D eigenvalue weighted by Crippen LogP contribution is 2.17. The van der Waals surface area contributed by atoms with Gasteiger partial charge in [0, 0.05) is 19.3 Å². The number of hydrogen-bond donors (Lipinski definition) is 0. The van der Waals surface area contributed by atoms with E-state index >= 15 is 0 Å². The lowest BCUT2D eigenvalue weighted by atomic mass is 10.0. The highest BCUT2D eigenvalue weighted by Gasteiger charge is 2.19. The summed E-state index contributed by atoms with van der Waals surface area (Å²) in [5.41, 5.74) is 0. The summed E-state index contributed by atoms with van der Waals surface area (Å²) >= 11 is 0. The van der Waals surface area contributed by atoms with Crippen molar-refractivity contribution in [3.05, 3.63) is 60.8 Å². The normalized spacial score (nSPS) is 12.4. The van der Waals surface area contributed by atoms with Gasteiger partial charge in [0.25, 0.3) is 0 Å². The van der Waals surface area contributed by atoms with E-state index < -0.39 is 6.10 Å². The zero-order chi connectivity index (χ0) is 52.9. The molecule has 0 rings (SSSR count). The van der Waals surface area contributed by atoms with Gasteiger partial charge in [0.15, 0.2) is 6.10 Å². The summed E-state index contributed by atoms with van der Waals surface area (Å²) < 4.78 is 16.9. The van der Waals surface area contributed by atoms with E-state index in [0.29, 0.717) is 19.3 Å². The van der Waals surface area contributed by atoms with Gasteiger partial charge in [-0.15, -0.1) is 0 Å². The fourth-order valence-corrected chi connectivity index (χ4v) is 9.26. The van der Waals surface area contributed by atoms with E-state index in [2.05, 4.69) is 81.5 Å². The van der Waals surface area contributed by atoms with Crippen molar-refractivity contribution in [2.24, 2.45) is 0 Å². The molecule has 0 spiro atoms. The fraction of sp³-hybridized carbons (Fsp3) is 0.806. The molecule has 0 aliphatic rings. The number of rotatable bonds is 58. The molecule has 0 saturated heterocycles. The highest BCUT2D eigenvalue weighted by molar-refractivity contribution is 5.71. The number of unbranched alkanes of at least 4 members (excludes halogenated alkanes) is 37. The molecular weight excluding hydrogens is 901 g/mol. The van der Waals surface area contributed by atoms with Gasteiger partial charge in [0.1, 0.15) is 13.2 Å². The minimum Gasteiger partial charge on any atom is -0.462 e. The van der Waals surface area contributed by atoms with Crippen LogP contribution in [0.3, 0.4) is 0 Å². The van der Waals surface area contributed by atoms with E-state index in [9.17, 15) is 14.4 Å². The first-order valence-electron chi connectivity index (χ1n) is 31.8. The lowest BCUT2D eigenvalue weighted by Crippen LogP contribution is -2.30. The Morgan fingerprint density at radius 1 is 0.288 bits per heavy atom. The predicted molar refractivity (Wildman–Crippen MR) is 316 cm³/mol. The monoisotopic (exact) mass is 1020 g/mol. The summed E-state index contributed by atoms with van der Waals surface area (Å²) in [7, 11) is 0. The molecule has 424 valence electrons. The minimum absolute atomic E-state index is 0.0801. The SMILES string of the molecule is CC/C=C\C/C=C\C/C=C\CCCCCCCCCC(=O)OC(COC(=O)CCCCCCC/C=C\C/C=C\CCC)COC(=O)CCCCCCCCCCCCCCCCCCCCCCCCCCC. The maximum atomic E-state index is 12.9. The highest BCUT2D eigenvalue weighted by atomic mass is 16.6. The Balaban J connectivity index is 4.25. The van der Waals surface area contributed by atoms with Gasteiger partial charge in [-0.1, -0.05) is 293 Å². The van der Waals surface area contributed by atoms with Crippen LogP contribution in [0.1, 0.15) is 329 Å². The van der Waals surface area contributed by atoms with Crippen molar-refractivity contribution >= 4 is 17.9 Å². The van der Waals surface area contributed by atoms with Crippen LogP contribution < -0.4 is 0 Å². The summed E-state index contributed by atoms with van der Waals surface area (Å²) in [4.78, 5) is 38.3. The fourth-order valence-electron chi connectivity index (χ4n) is 9.26. The third kappa shape index (κ3) is 59.9. The van der Waals surface area contributed by atoms with Crippen molar-refractivity contribution in [3.8, 4) is 0 Å². The van der Waals surface area contributed by atoms with Gasteiger partial charge in [-0.25, -0.2) is 0 Å². The van der Waals surface area contributed by atoms with E-state index in [4.69, 9.17) is 14.2 Å². The second-order valence-corrected chi connectivity index (χ2v) is 21.3. The third-order valence-corrected chi connectivity index (χ3v) is 14.0. The first kappa shape index (κ1) is 70.1. The maximum absolute atomic E-state index is 12.9. The van der Waals surface area contributed by atoms with Crippen LogP contribution in [0, 0.1) is 0 Å². The van der Waals surface area contributed by atoms with Crippen molar-refractivity contribution in [1.82, 2.24) is 0 Å².